The molecular weight excluding hydrogens is 216 g/mol. The SMILES string of the molecule is C[C@H](O)c1ccc2ccccc2c1OCCO. The van der Waals surface area contributed by atoms with E-state index in [0.29, 0.717) is 5.75 Å². The van der Waals surface area contributed by atoms with Gasteiger partial charge in [-0.3, -0.25) is 0 Å². The van der Waals surface area contributed by atoms with Crippen LogP contribution in [0, 0.1) is 0 Å². The number of benzene rings is 2. The largest absolute Gasteiger partial charge is 0.490 e. The van der Waals surface area contributed by atoms with Gasteiger partial charge in [0.05, 0.1) is 12.7 Å². The number of aliphatic hydroxyl groups is 2. The second-order valence-electron chi connectivity index (χ2n) is 3.95. The second-order valence-corrected chi connectivity index (χ2v) is 3.95. The predicted molar refractivity (Wildman–Crippen MR) is 67.2 cm³/mol. The van der Waals surface area contributed by atoms with Crippen LogP contribution in [0.1, 0.15) is 18.6 Å². The first-order valence-corrected chi connectivity index (χ1v) is 5.67. The van der Waals surface area contributed by atoms with Crippen LogP contribution < -0.4 is 4.74 Å². The molecule has 3 heteroatoms. The lowest BCUT2D eigenvalue weighted by Crippen LogP contribution is -2.05. The number of rotatable bonds is 4. The Balaban J connectivity index is 2.57. The fourth-order valence-corrected chi connectivity index (χ4v) is 1.90. The van der Waals surface area contributed by atoms with Crippen molar-refractivity contribution in [3.8, 4) is 5.75 Å². The van der Waals surface area contributed by atoms with Gasteiger partial charge in [-0.2, -0.15) is 0 Å². The van der Waals surface area contributed by atoms with Gasteiger partial charge in [-0.1, -0.05) is 36.4 Å². The molecule has 0 fully saturated rings. The summed E-state index contributed by atoms with van der Waals surface area (Å²) >= 11 is 0. The number of aliphatic hydroxyl groups excluding tert-OH is 2. The minimum atomic E-state index is -0.590. The van der Waals surface area contributed by atoms with Gasteiger partial charge in [0.25, 0.3) is 0 Å². The van der Waals surface area contributed by atoms with Gasteiger partial charge in [0, 0.05) is 10.9 Å². The van der Waals surface area contributed by atoms with Crippen molar-refractivity contribution in [2.45, 2.75) is 13.0 Å². The molecule has 17 heavy (non-hydrogen) atoms. The Morgan fingerprint density at radius 1 is 1.18 bits per heavy atom. The second kappa shape index (κ2) is 5.17. The van der Waals surface area contributed by atoms with Crippen LogP contribution in [-0.2, 0) is 0 Å². The van der Waals surface area contributed by atoms with E-state index in [1.165, 1.54) is 0 Å². The molecule has 2 rings (SSSR count). The Hall–Kier alpha value is -1.58. The average Bonchev–Trinajstić information content (AvgIpc) is 2.35. The summed E-state index contributed by atoms with van der Waals surface area (Å²) < 4.78 is 5.55. The number of hydrogen-bond donors (Lipinski definition) is 2. The fraction of sp³-hybridized carbons (Fsp3) is 0.286. The van der Waals surface area contributed by atoms with E-state index in [4.69, 9.17) is 9.84 Å². The first-order valence-electron chi connectivity index (χ1n) is 5.67. The molecular formula is C14H16O3. The molecule has 0 radical (unpaired) electrons. The minimum Gasteiger partial charge on any atom is -0.490 e. The van der Waals surface area contributed by atoms with Crippen LogP contribution in [0.4, 0.5) is 0 Å². The molecule has 2 aromatic carbocycles. The lowest BCUT2D eigenvalue weighted by atomic mass is 10.0. The molecule has 0 heterocycles. The van der Waals surface area contributed by atoms with Crippen LogP contribution >= 0.6 is 0 Å². The highest BCUT2D eigenvalue weighted by Crippen LogP contribution is 2.33. The molecule has 0 unspecified atom stereocenters. The summed E-state index contributed by atoms with van der Waals surface area (Å²) in [6.45, 7) is 1.89. The highest BCUT2D eigenvalue weighted by atomic mass is 16.5. The molecule has 3 nitrogen and oxygen atoms in total. The van der Waals surface area contributed by atoms with Crippen molar-refractivity contribution >= 4 is 10.8 Å². The minimum absolute atomic E-state index is 0.0392. The quantitative estimate of drug-likeness (QED) is 0.850. The van der Waals surface area contributed by atoms with Crippen LogP contribution in [0.2, 0.25) is 0 Å². The molecule has 0 saturated carbocycles. The third kappa shape index (κ3) is 2.40. The van der Waals surface area contributed by atoms with Crippen molar-refractivity contribution in [3.63, 3.8) is 0 Å². The third-order valence-electron chi connectivity index (χ3n) is 2.70. The zero-order valence-corrected chi connectivity index (χ0v) is 9.76. The van der Waals surface area contributed by atoms with Crippen molar-refractivity contribution in [1.82, 2.24) is 0 Å². The van der Waals surface area contributed by atoms with E-state index in [1.807, 2.05) is 36.4 Å². The highest BCUT2D eigenvalue weighted by Gasteiger charge is 2.12. The van der Waals surface area contributed by atoms with E-state index in [-0.39, 0.29) is 13.2 Å². The topological polar surface area (TPSA) is 49.7 Å². The summed E-state index contributed by atoms with van der Waals surface area (Å²) in [5.41, 5.74) is 0.747. The summed E-state index contributed by atoms with van der Waals surface area (Å²) in [6.07, 6.45) is -0.590. The van der Waals surface area contributed by atoms with Gasteiger partial charge in [-0.05, 0) is 12.3 Å². The van der Waals surface area contributed by atoms with Crippen LogP contribution in [0.25, 0.3) is 10.8 Å². The molecule has 2 aromatic rings. The van der Waals surface area contributed by atoms with Crippen molar-refractivity contribution in [2.75, 3.05) is 13.2 Å². The number of fused-ring (bicyclic) bond motifs is 1. The summed E-state index contributed by atoms with van der Waals surface area (Å²) in [5.74, 6) is 0.659. The van der Waals surface area contributed by atoms with Crippen molar-refractivity contribution in [1.29, 1.82) is 0 Å². The van der Waals surface area contributed by atoms with Gasteiger partial charge in [0.2, 0.25) is 0 Å². The van der Waals surface area contributed by atoms with Crippen molar-refractivity contribution < 1.29 is 14.9 Å². The maximum Gasteiger partial charge on any atom is 0.133 e. The Morgan fingerprint density at radius 2 is 1.94 bits per heavy atom. The van der Waals surface area contributed by atoms with Crippen molar-refractivity contribution in [2.24, 2.45) is 0 Å². The van der Waals surface area contributed by atoms with Gasteiger partial charge >= 0.3 is 0 Å². The molecule has 0 aliphatic heterocycles. The predicted octanol–water partition coefficient (Wildman–Crippen LogP) is 2.26. The standard InChI is InChI=1S/C14H16O3/c1-10(16)12-7-6-11-4-2-3-5-13(11)14(12)17-9-8-15/h2-7,10,15-16H,8-9H2,1H3/t10-/m0/s1. The van der Waals surface area contributed by atoms with E-state index in [2.05, 4.69) is 0 Å². The Morgan fingerprint density at radius 3 is 2.65 bits per heavy atom. The molecule has 0 amide bonds. The summed E-state index contributed by atoms with van der Waals surface area (Å²) in [6, 6.07) is 11.7. The molecule has 0 bridgehead atoms. The van der Waals surface area contributed by atoms with Crippen LogP contribution in [0.3, 0.4) is 0 Å². The number of ether oxygens (including phenoxy) is 1. The summed E-state index contributed by atoms with van der Waals surface area (Å²) in [5, 5.41) is 20.6. The van der Waals surface area contributed by atoms with Gasteiger partial charge in [-0.15, -0.1) is 0 Å². The maximum absolute atomic E-state index is 9.72. The monoisotopic (exact) mass is 232 g/mol. The molecule has 0 aliphatic carbocycles. The van der Waals surface area contributed by atoms with Crippen LogP contribution in [0.15, 0.2) is 36.4 Å². The molecule has 0 aliphatic rings. The first-order chi connectivity index (χ1) is 8.24. The molecule has 1 atom stereocenters. The number of hydrogen-bond acceptors (Lipinski definition) is 3. The molecule has 0 aromatic heterocycles. The smallest absolute Gasteiger partial charge is 0.133 e. The van der Waals surface area contributed by atoms with Gasteiger partial charge < -0.3 is 14.9 Å². The van der Waals surface area contributed by atoms with E-state index in [1.54, 1.807) is 6.92 Å². The molecule has 0 spiro atoms. The Bertz CT molecular complexity index is 506. The molecule has 2 N–H and O–H groups in total. The molecule has 0 saturated heterocycles. The summed E-state index contributed by atoms with van der Waals surface area (Å²) in [4.78, 5) is 0. The first kappa shape index (κ1) is 11.9. The normalized spacial score (nSPS) is 12.6. The van der Waals surface area contributed by atoms with E-state index in [9.17, 15) is 5.11 Å². The fourth-order valence-electron chi connectivity index (χ4n) is 1.90. The Labute approximate surface area is 100 Å². The van der Waals surface area contributed by atoms with Gasteiger partial charge in [0.15, 0.2) is 0 Å². The lowest BCUT2D eigenvalue weighted by Gasteiger charge is -2.15. The van der Waals surface area contributed by atoms with Crippen molar-refractivity contribution in [3.05, 3.63) is 42.0 Å². The van der Waals surface area contributed by atoms with Gasteiger partial charge in [0.1, 0.15) is 12.4 Å². The maximum atomic E-state index is 9.72. The highest BCUT2D eigenvalue weighted by molar-refractivity contribution is 5.89. The van der Waals surface area contributed by atoms with E-state index >= 15 is 0 Å². The molecule has 90 valence electrons. The van der Waals surface area contributed by atoms with Gasteiger partial charge in [-0.25, -0.2) is 0 Å². The third-order valence-corrected chi connectivity index (χ3v) is 2.70. The van der Waals surface area contributed by atoms with E-state index < -0.39 is 6.10 Å². The van der Waals surface area contributed by atoms with Crippen LogP contribution in [0.5, 0.6) is 5.75 Å². The van der Waals surface area contributed by atoms with E-state index in [0.717, 1.165) is 16.3 Å². The zero-order valence-electron chi connectivity index (χ0n) is 9.76. The van der Waals surface area contributed by atoms with Crippen LogP contribution in [-0.4, -0.2) is 23.4 Å². The average molecular weight is 232 g/mol. The Kier molecular flexibility index (Phi) is 3.61. The zero-order chi connectivity index (χ0) is 12.3. The summed E-state index contributed by atoms with van der Waals surface area (Å²) in [7, 11) is 0. The lowest BCUT2D eigenvalue weighted by molar-refractivity contribution is 0.178.